The van der Waals surface area contributed by atoms with Crippen molar-refractivity contribution in [2.75, 3.05) is 11.9 Å². The Morgan fingerprint density at radius 2 is 1.77 bits per heavy atom. The molecule has 2 N–H and O–H groups in total. The second-order valence-electron chi connectivity index (χ2n) is 8.17. The number of sulfonamides is 1. The van der Waals surface area contributed by atoms with E-state index in [1.807, 2.05) is 6.07 Å². The van der Waals surface area contributed by atoms with Crippen molar-refractivity contribution in [1.82, 2.24) is 4.72 Å². The molecule has 0 aliphatic heterocycles. The summed E-state index contributed by atoms with van der Waals surface area (Å²) in [5.41, 5.74) is 1.01. The van der Waals surface area contributed by atoms with Gasteiger partial charge in [-0.05, 0) is 61.2 Å². The Morgan fingerprint density at radius 3 is 2.43 bits per heavy atom. The molecule has 30 heavy (non-hydrogen) atoms. The summed E-state index contributed by atoms with van der Waals surface area (Å²) in [6.07, 6.45) is 5.05. The lowest BCUT2D eigenvalue weighted by molar-refractivity contribution is 0.102. The van der Waals surface area contributed by atoms with Crippen molar-refractivity contribution in [3.63, 3.8) is 0 Å². The molecular formula is C23H30N2O4S. The number of nitrogens with one attached hydrogen (secondary N) is 2. The van der Waals surface area contributed by atoms with Gasteiger partial charge < -0.3 is 10.1 Å². The molecule has 1 fully saturated rings. The van der Waals surface area contributed by atoms with Crippen LogP contribution in [0.2, 0.25) is 0 Å². The maximum Gasteiger partial charge on any atom is 0.255 e. The number of rotatable bonds is 8. The zero-order valence-corrected chi connectivity index (χ0v) is 18.4. The third kappa shape index (κ3) is 6.31. The summed E-state index contributed by atoms with van der Waals surface area (Å²) in [7, 11) is -3.56. The van der Waals surface area contributed by atoms with Gasteiger partial charge in [0.2, 0.25) is 10.0 Å². The number of amides is 1. The maximum atomic E-state index is 12.6. The molecule has 3 rings (SSSR count). The lowest BCUT2D eigenvalue weighted by Crippen LogP contribution is -2.36. The minimum atomic E-state index is -3.56. The van der Waals surface area contributed by atoms with Gasteiger partial charge in [-0.3, -0.25) is 4.79 Å². The molecule has 0 radical (unpaired) electrons. The SMILES string of the molecule is CC(C)COc1cccc(C(=O)Nc2ccc(S(=O)(=O)NC3CCCCC3)cc2)c1. The van der Waals surface area contributed by atoms with Crippen LogP contribution < -0.4 is 14.8 Å². The van der Waals surface area contributed by atoms with Gasteiger partial charge in [0.25, 0.3) is 5.91 Å². The van der Waals surface area contributed by atoms with Gasteiger partial charge in [0.1, 0.15) is 5.75 Å². The first-order valence-electron chi connectivity index (χ1n) is 10.5. The second kappa shape index (κ2) is 10.1. The summed E-state index contributed by atoms with van der Waals surface area (Å²) in [6, 6.07) is 13.3. The van der Waals surface area contributed by atoms with Gasteiger partial charge in [-0.15, -0.1) is 0 Å². The van der Waals surface area contributed by atoms with Crippen molar-refractivity contribution >= 4 is 21.6 Å². The Balaban J connectivity index is 1.62. The monoisotopic (exact) mass is 430 g/mol. The van der Waals surface area contributed by atoms with Gasteiger partial charge in [-0.25, -0.2) is 13.1 Å². The molecule has 2 aromatic rings. The first-order chi connectivity index (χ1) is 14.3. The van der Waals surface area contributed by atoms with E-state index in [0.29, 0.717) is 29.5 Å². The normalized spacial score (nSPS) is 15.2. The van der Waals surface area contributed by atoms with Gasteiger partial charge in [0.05, 0.1) is 11.5 Å². The van der Waals surface area contributed by atoms with Crippen LogP contribution in [0, 0.1) is 5.92 Å². The van der Waals surface area contributed by atoms with Gasteiger partial charge in [0, 0.05) is 17.3 Å². The fourth-order valence-corrected chi connectivity index (χ4v) is 4.72. The van der Waals surface area contributed by atoms with Crippen molar-refractivity contribution in [1.29, 1.82) is 0 Å². The standard InChI is InChI=1S/C23H30N2O4S/c1-17(2)16-29-21-10-6-7-18(15-21)23(26)24-19-11-13-22(14-12-19)30(27,28)25-20-8-4-3-5-9-20/h6-7,10-15,17,20,25H,3-5,8-9,16H2,1-2H3,(H,24,26). The predicted octanol–water partition coefficient (Wildman–Crippen LogP) is 4.58. The molecule has 0 saturated heterocycles. The molecule has 1 aliphatic rings. The van der Waals surface area contributed by atoms with Crippen LogP contribution in [0.25, 0.3) is 0 Å². The number of ether oxygens (including phenoxy) is 1. The number of hydrogen-bond donors (Lipinski definition) is 2. The van der Waals surface area contributed by atoms with Crippen LogP contribution in [0.1, 0.15) is 56.3 Å². The van der Waals surface area contributed by atoms with E-state index < -0.39 is 10.0 Å². The van der Waals surface area contributed by atoms with Crippen LogP contribution >= 0.6 is 0 Å². The number of carbonyl (C=O) groups excluding carboxylic acids is 1. The first-order valence-corrected chi connectivity index (χ1v) is 12.0. The minimum Gasteiger partial charge on any atom is -0.493 e. The van der Waals surface area contributed by atoms with Crippen molar-refractivity contribution in [2.45, 2.75) is 56.9 Å². The highest BCUT2D eigenvalue weighted by Crippen LogP contribution is 2.21. The summed E-state index contributed by atoms with van der Waals surface area (Å²) in [4.78, 5) is 12.8. The predicted molar refractivity (Wildman–Crippen MR) is 118 cm³/mol. The molecule has 6 nitrogen and oxygen atoms in total. The molecule has 1 saturated carbocycles. The summed E-state index contributed by atoms with van der Waals surface area (Å²) < 4.78 is 33.6. The maximum absolute atomic E-state index is 12.6. The number of anilines is 1. The average molecular weight is 431 g/mol. The Hall–Kier alpha value is -2.38. The van der Waals surface area contributed by atoms with Crippen molar-refractivity contribution < 1.29 is 17.9 Å². The van der Waals surface area contributed by atoms with E-state index >= 15 is 0 Å². The fraction of sp³-hybridized carbons (Fsp3) is 0.435. The Kier molecular flexibility index (Phi) is 7.50. The average Bonchev–Trinajstić information content (AvgIpc) is 2.73. The highest BCUT2D eigenvalue weighted by Gasteiger charge is 2.21. The smallest absolute Gasteiger partial charge is 0.255 e. The molecule has 0 spiro atoms. The van der Waals surface area contributed by atoms with E-state index in [2.05, 4.69) is 23.9 Å². The van der Waals surface area contributed by atoms with Gasteiger partial charge in [0.15, 0.2) is 0 Å². The topological polar surface area (TPSA) is 84.5 Å². The van der Waals surface area contributed by atoms with E-state index in [0.717, 1.165) is 25.7 Å². The summed E-state index contributed by atoms with van der Waals surface area (Å²) in [5.74, 6) is 0.761. The highest BCUT2D eigenvalue weighted by atomic mass is 32.2. The van der Waals surface area contributed by atoms with Gasteiger partial charge >= 0.3 is 0 Å². The first kappa shape index (κ1) is 22.3. The molecule has 7 heteroatoms. The van der Waals surface area contributed by atoms with Crippen LogP contribution in [0.15, 0.2) is 53.4 Å². The molecule has 1 aliphatic carbocycles. The van der Waals surface area contributed by atoms with Crippen LogP contribution in [0.3, 0.4) is 0 Å². The zero-order valence-electron chi connectivity index (χ0n) is 17.6. The van der Waals surface area contributed by atoms with Gasteiger partial charge in [-0.2, -0.15) is 0 Å². The molecule has 0 atom stereocenters. The minimum absolute atomic E-state index is 0.00770. The Morgan fingerprint density at radius 1 is 1.07 bits per heavy atom. The molecule has 0 bridgehead atoms. The lowest BCUT2D eigenvalue weighted by Gasteiger charge is -2.22. The van der Waals surface area contributed by atoms with Crippen LogP contribution in [0.4, 0.5) is 5.69 Å². The molecule has 2 aromatic carbocycles. The van der Waals surface area contributed by atoms with Crippen molar-refractivity contribution in [3.8, 4) is 5.75 Å². The van der Waals surface area contributed by atoms with Gasteiger partial charge in [-0.1, -0.05) is 39.2 Å². The molecule has 1 amide bonds. The highest BCUT2D eigenvalue weighted by molar-refractivity contribution is 7.89. The van der Waals surface area contributed by atoms with Crippen molar-refractivity contribution in [2.24, 2.45) is 5.92 Å². The quantitative estimate of drug-likeness (QED) is 0.642. The van der Waals surface area contributed by atoms with E-state index in [1.165, 1.54) is 18.6 Å². The third-order valence-electron chi connectivity index (χ3n) is 5.03. The van der Waals surface area contributed by atoms with E-state index in [-0.39, 0.29) is 16.8 Å². The van der Waals surface area contributed by atoms with Crippen LogP contribution in [-0.2, 0) is 10.0 Å². The largest absolute Gasteiger partial charge is 0.493 e. The number of benzene rings is 2. The zero-order chi connectivity index (χ0) is 21.6. The Bertz CT molecular complexity index is 949. The number of hydrogen-bond acceptors (Lipinski definition) is 4. The third-order valence-corrected chi connectivity index (χ3v) is 6.57. The van der Waals surface area contributed by atoms with E-state index in [4.69, 9.17) is 4.74 Å². The summed E-state index contributed by atoms with van der Waals surface area (Å²) in [6.45, 7) is 4.70. The second-order valence-corrected chi connectivity index (χ2v) is 9.88. The molecule has 0 heterocycles. The van der Waals surface area contributed by atoms with E-state index in [1.54, 1.807) is 30.3 Å². The number of carbonyl (C=O) groups is 1. The summed E-state index contributed by atoms with van der Waals surface area (Å²) in [5, 5.41) is 2.80. The van der Waals surface area contributed by atoms with Crippen LogP contribution in [0.5, 0.6) is 5.75 Å². The molecule has 0 unspecified atom stereocenters. The lowest BCUT2D eigenvalue weighted by atomic mass is 9.96. The molecule has 0 aromatic heterocycles. The fourth-order valence-electron chi connectivity index (χ4n) is 3.42. The van der Waals surface area contributed by atoms with Crippen LogP contribution in [-0.4, -0.2) is 27.0 Å². The van der Waals surface area contributed by atoms with Crippen molar-refractivity contribution in [3.05, 3.63) is 54.1 Å². The summed E-state index contributed by atoms with van der Waals surface area (Å²) >= 11 is 0. The molecule has 162 valence electrons. The van der Waals surface area contributed by atoms with E-state index in [9.17, 15) is 13.2 Å². The Labute approximate surface area is 179 Å². The molecular weight excluding hydrogens is 400 g/mol.